The van der Waals surface area contributed by atoms with Crippen molar-refractivity contribution < 1.29 is 4.79 Å². The van der Waals surface area contributed by atoms with Crippen LogP contribution in [0.2, 0.25) is 0 Å². The molecule has 1 amide bonds. The number of amides is 1. The monoisotopic (exact) mass is 338 g/mol. The molecule has 25 heavy (non-hydrogen) atoms. The van der Waals surface area contributed by atoms with Crippen molar-refractivity contribution in [3.63, 3.8) is 0 Å². The van der Waals surface area contributed by atoms with Gasteiger partial charge in [-0.15, -0.1) is 0 Å². The van der Waals surface area contributed by atoms with Crippen molar-refractivity contribution in [2.45, 2.75) is 13.8 Å². The van der Waals surface area contributed by atoms with Crippen LogP contribution < -0.4 is 16.6 Å². The summed E-state index contributed by atoms with van der Waals surface area (Å²) in [5.41, 5.74) is 2.05. The Morgan fingerprint density at radius 1 is 1.04 bits per heavy atom. The predicted octanol–water partition coefficient (Wildman–Crippen LogP) is 1.50. The van der Waals surface area contributed by atoms with Gasteiger partial charge in [-0.3, -0.25) is 18.7 Å². The molecule has 0 aliphatic carbocycles. The summed E-state index contributed by atoms with van der Waals surface area (Å²) in [6, 6.07) is 8.76. The summed E-state index contributed by atoms with van der Waals surface area (Å²) in [5.74, 6) is -0.399. The molecule has 3 rings (SSSR count). The predicted molar refractivity (Wildman–Crippen MR) is 96.1 cm³/mol. The maximum absolute atomic E-state index is 12.5. The van der Waals surface area contributed by atoms with Crippen molar-refractivity contribution in [2.75, 3.05) is 5.32 Å². The number of anilines is 1. The number of carbonyl (C=O) groups is 1. The summed E-state index contributed by atoms with van der Waals surface area (Å²) in [6.45, 7) is 3.84. The molecule has 1 aromatic carbocycles. The Labute approximate surface area is 143 Å². The lowest BCUT2D eigenvalue weighted by Gasteiger charge is -2.10. The number of aromatic nitrogens is 3. The Kier molecular flexibility index (Phi) is 4.00. The lowest BCUT2D eigenvalue weighted by Crippen LogP contribution is -2.37. The fourth-order valence-electron chi connectivity index (χ4n) is 2.64. The second-order valence-electron chi connectivity index (χ2n) is 6.05. The molecule has 7 heteroatoms. The van der Waals surface area contributed by atoms with E-state index in [1.165, 1.54) is 30.8 Å². The first-order valence-corrected chi connectivity index (χ1v) is 7.75. The van der Waals surface area contributed by atoms with Crippen LogP contribution in [0.3, 0.4) is 0 Å². The number of nitrogens with zero attached hydrogens (tertiary/aromatic N) is 3. The fraction of sp³-hybridized carbons (Fsp3) is 0.222. The van der Waals surface area contributed by atoms with E-state index in [4.69, 9.17) is 0 Å². The highest BCUT2D eigenvalue weighted by Crippen LogP contribution is 2.17. The number of rotatable bonds is 2. The smallest absolute Gasteiger partial charge is 0.320 e. The zero-order valence-electron chi connectivity index (χ0n) is 14.5. The molecule has 2 heterocycles. The Bertz CT molecular complexity index is 1130. The van der Waals surface area contributed by atoms with Gasteiger partial charge < -0.3 is 5.32 Å². The lowest BCUT2D eigenvalue weighted by atomic mass is 10.1. The third kappa shape index (κ3) is 2.84. The normalized spacial score (nSPS) is 10.9. The van der Waals surface area contributed by atoms with Crippen LogP contribution in [0, 0.1) is 13.8 Å². The van der Waals surface area contributed by atoms with Gasteiger partial charge in [-0.1, -0.05) is 12.1 Å². The van der Waals surface area contributed by atoms with Gasteiger partial charge in [0.25, 0.3) is 11.5 Å². The molecule has 0 atom stereocenters. The van der Waals surface area contributed by atoms with Crippen molar-refractivity contribution >= 4 is 22.6 Å². The van der Waals surface area contributed by atoms with Gasteiger partial charge in [0.05, 0.1) is 5.39 Å². The van der Waals surface area contributed by atoms with Gasteiger partial charge in [0, 0.05) is 19.8 Å². The van der Waals surface area contributed by atoms with Gasteiger partial charge in [0.15, 0.2) is 0 Å². The maximum Gasteiger partial charge on any atom is 0.332 e. The van der Waals surface area contributed by atoms with Gasteiger partial charge in [-0.05, 0) is 43.2 Å². The van der Waals surface area contributed by atoms with Gasteiger partial charge >= 0.3 is 5.69 Å². The molecule has 0 aliphatic heterocycles. The van der Waals surface area contributed by atoms with Crippen LogP contribution in [-0.2, 0) is 14.1 Å². The second kappa shape index (κ2) is 6.01. The molecular weight excluding hydrogens is 320 g/mol. The van der Waals surface area contributed by atoms with Crippen LogP contribution in [-0.4, -0.2) is 20.0 Å². The summed E-state index contributed by atoms with van der Waals surface area (Å²) in [6.07, 6.45) is 0. The molecule has 0 saturated heterocycles. The Morgan fingerprint density at radius 2 is 1.76 bits per heavy atom. The van der Waals surface area contributed by atoms with Gasteiger partial charge in [0.1, 0.15) is 11.3 Å². The minimum atomic E-state index is -0.489. The highest BCUT2D eigenvalue weighted by atomic mass is 16.2. The van der Waals surface area contributed by atoms with Crippen LogP contribution in [0.5, 0.6) is 0 Å². The van der Waals surface area contributed by atoms with E-state index in [1.807, 2.05) is 32.0 Å². The maximum atomic E-state index is 12.5. The third-order valence-electron chi connectivity index (χ3n) is 4.18. The average molecular weight is 338 g/mol. The van der Waals surface area contributed by atoms with E-state index in [-0.39, 0.29) is 16.7 Å². The van der Waals surface area contributed by atoms with Crippen molar-refractivity contribution in [3.05, 3.63) is 68.0 Å². The molecule has 2 aromatic heterocycles. The molecule has 0 unspecified atom stereocenters. The van der Waals surface area contributed by atoms with Crippen LogP contribution in [0.15, 0.2) is 39.9 Å². The Morgan fingerprint density at radius 3 is 2.48 bits per heavy atom. The SMILES string of the molecule is Cc1ccc(C)c(NC(=O)c2ccc3c(=O)n(C)c(=O)n(C)c3n2)c1. The molecule has 0 saturated carbocycles. The topological polar surface area (TPSA) is 86.0 Å². The Balaban J connectivity index is 2.07. The number of carbonyl (C=O) groups excluding carboxylic acids is 1. The molecule has 7 nitrogen and oxygen atoms in total. The van der Waals surface area contributed by atoms with Crippen LogP contribution in [0.25, 0.3) is 11.0 Å². The van der Waals surface area contributed by atoms with Gasteiger partial charge in [-0.2, -0.15) is 0 Å². The largest absolute Gasteiger partial charge is 0.332 e. The highest BCUT2D eigenvalue weighted by Gasteiger charge is 2.14. The summed E-state index contributed by atoms with van der Waals surface area (Å²) in [5, 5.41) is 3.11. The summed E-state index contributed by atoms with van der Waals surface area (Å²) in [4.78, 5) is 41.0. The molecular formula is C18H18N4O3. The first kappa shape index (κ1) is 16.6. The van der Waals surface area contributed by atoms with Crippen molar-refractivity contribution in [2.24, 2.45) is 14.1 Å². The quantitative estimate of drug-likeness (QED) is 0.767. The van der Waals surface area contributed by atoms with Crippen LogP contribution in [0.1, 0.15) is 21.6 Å². The number of aryl methyl sites for hydroxylation is 3. The second-order valence-corrected chi connectivity index (χ2v) is 6.05. The van der Waals surface area contributed by atoms with E-state index in [0.29, 0.717) is 5.69 Å². The molecule has 3 aromatic rings. The van der Waals surface area contributed by atoms with Crippen molar-refractivity contribution in [1.29, 1.82) is 0 Å². The first-order valence-electron chi connectivity index (χ1n) is 7.75. The highest BCUT2D eigenvalue weighted by molar-refractivity contribution is 6.04. The van der Waals surface area contributed by atoms with E-state index in [2.05, 4.69) is 10.3 Å². The van der Waals surface area contributed by atoms with Crippen molar-refractivity contribution in [1.82, 2.24) is 14.1 Å². The third-order valence-corrected chi connectivity index (χ3v) is 4.18. The summed E-state index contributed by atoms with van der Waals surface area (Å²) >= 11 is 0. The molecule has 128 valence electrons. The number of benzene rings is 1. The Hall–Kier alpha value is -3.22. The van der Waals surface area contributed by atoms with E-state index in [1.54, 1.807) is 0 Å². The molecule has 0 fully saturated rings. The minimum absolute atomic E-state index is 0.136. The van der Waals surface area contributed by atoms with Gasteiger partial charge in [-0.25, -0.2) is 9.78 Å². The fourth-order valence-corrected chi connectivity index (χ4v) is 2.64. The molecule has 0 bridgehead atoms. The first-order chi connectivity index (χ1) is 11.8. The minimum Gasteiger partial charge on any atom is -0.320 e. The average Bonchev–Trinajstić information content (AvgIpc) is 2.60. The number of pyridine rings is 1. The number of hydrogen-bond donors (Lipinski definition) is 1. The summed E-state index contributed by atoms with van der Waals surface area (Å²) in [7, 11) is 2.93. The zero-order chi connectivity index (χ0) is 18.3. The van der Waals surface area contributed by atoms with Crippen LogP contribution >= 0.6 is 0 Å². The van der Waals surface area contributed by atoms with Gasteiger partial charge in [0.2, 0.25) is 0 Å². The standard InChI is InChI=1S/C18H18N4O3/c1-10-5-6-11(2)14(9-10)20-16(23)13-8-7-12-15(19-13)21(3)18(25)22(4)17(12)24/h5-9H,1-4H3,(H,20,23). The number of fused-ring (bicyclic) bond motifs is 1. The molecule has 1 N–H and O–H groups in total. The van der Waals surface area contributed by atoms with E-state index in [9.17, 15) is 14.4 Å². The summed E-state index contributed by atoms with van der Waals surface area (Å²) < 4.78 is 2.27. The molecule has 0 spiro atoms. The van der Waals surface area contributed by atoms with E-state index < -0.39 is 17.2 Å². The number of hydrogen-bond acceptors (Lipinski definition) is 4. The molecule has 0 aliphatic rings. The van der Waals surface area contributed by atoms with Crippen LogP contribution in [0.4, 0.5) is 5.69 Å². The van der Waals surface area contributed by atoms with Crippen molar-refractivity contribution in [3.8, 4) is 0 Å². The van der Waals surface area contributed by atoms with E-state index in [0.717, 1.165) is 15.7 Å². The lowest BCUT2D eigenvalue weighted by molar-refractivity contribution is 0.102. The van der Waals surface area contributed by atoms with E-state index >= 15 is 0 Å². The number of nitrogens with one attached hydrogen (secondary N) is 1. The zero-order valence-corrected chi connectivity index (χ0v) is 14.5. The molecule has 0 radical (unpaired) electrons.